The fourth-order valence-electron chi connectivity index (χ4n) is 3.33. The Kier molecular flexibility index (Phi) is 5.59. The highest BCUT2D eigenvalue weighted by Gasteiger charge is 2.42. The fraction of sp³-hybridized carbons (Fsp3) is 0.273. The van der Waals surface area contributed by atoms with Crippen molar-refractivity contribution in [2.45, 2.75) is 20.8 Å². The summed E-state index contributed by atoms with van der Waals surface area (Å²) in [5.41, 5.74) is 4.68. The second-order valence-corrected chi connectivity index (χ2v) is 7.48. The number of amides is 2. The van der Waals surface area contributed by atoms with Gasteiger partial charge in [-0.2, -0.15) is 0 Å². The lowest BCUT2D eigenvalue weighted by molar-refractivity contribution is -0.120. The first kappa shape index (κ1) is 20.1. The zero-order valence-electron chi connectivity index (χ0n) is 16.4. The van der Waals surface area contributed by atoms with Crippen LogP contribution in [0.5, 0.6) is 0 Å². The zero-order chi connectivity index (χ0) is 20.6. The number of anilines is 1. The first-order valence-corrected chi connectivity index (χ1v) is 9.43. The molecule has 1 N–H and O–H groups in total. The summed E-state index contributed by atoms with van der Waals surface area (Å²) in [7, 11) is 1.70. The highest BCUT2D eigenvalue weighted by molar-refractivity contribution is 6.45. The maximum atomic E-state index is 13.4. The molecule has 0 fully saturated rings. The van der Waals surface area contributed by atoms with E-state index in [-0.39, 0.29) is 18.8 Å². The van der Waals surface area contributed by atoms with E-state index in [1.165, 1.54) is 4.90 Å². The van der Waals surface area contributed by atoms with Gasteiger partial charge in [0.05, 0.1) is 17.9 Å². The largest absolute Gasteiger partial charge is 0.395 e. The molecule has 0 saturated carbocycles. The number of benzene rings is 2. The normalized spacial score (nSPS) is 14.3. The minimum Gasteiger partial charge on any atom is -0.395 e. The van der Waals surface area contributed by atoms with Crippen molar-refractivity contribution in [3.05, 3.63) is 69.4 Å². The van der Waals surface area contributed by atoms with Gasteiger partial charge in [0.2, 0.25) is 0 Å². The van der Waals surface area contributed by atoms with Gasteiger partial charge in [0.15, 0.2) is 0 Å². The van der Waals surface area contributed by atoms with Crippen molar-refractivity contribution in [2.75, 3.05) is 25.1 Å². The van der Waals surface area contributed by atoms with E-state index in [9.17, 15) is 14.7 Å². The van der Waals surface area contributed by atoms with Crippen LogP contribution in [-0.4, -0.2) is 42.0 Å². The quantitative estimate of drug-likeness (QED) is 0.783. The van der Waals surface area contributed by atoms with Gasteiger partial charge in [0.25, 0.3) is 11.8 Å². The molecule has 146 valence electrons. The number of carbonyl (C=O) groups excluding carboxylic acids is 2. The molecule has 0 radical (unpaired) electrons. The highest BCUT2D eigenvalue weighted by Crippen LogP contribution is 2.37. The molecule has 1 heterocycles. The molecule has 0 atom stereocenters. The van der Waals surface area contributed by atoms with Crippen molar-refractivity contribution in [3.8, 4) is 0 Å². The van der Waals surface area contributed by atoms with Crippen LogP contribution in [-0.2, 0) is 9.59 Å². The number of imide groups is 1. The van der Waals surface area contributed by atoms with E-state index in [0.717, 1.165) is 16.7 Å². The number of likely N-dealkylation sites (N-methyl/N-ethyl adjacent to an activating group) is 1. The molecule has 3 rings (SSSR count). The van der Waals surface area contributed by atoms with Crippen LogP contribution < -0.4 is 4.90 Å². The summed E-state index contributed by atoms with van der Waals surface area (Å²) in [5.74, 6) is -0.807. The van der Waals surface area contributed by atoms with Gasteiger partial charge < -0.3 is 10.0 Å². The molecule has 1 aliphatic rings. The minimum atomic E-state index is -0.417. The van der Waals surface area contributed by atoms with Crippen molar-refractivity contribution in [1.82, 2.24) is 4.90 Å². The molecule has 2 aromatic rings. The molecule has 28 heavy (non-hydrogen) atoms. The van der Waals surface area contributed by atoms with Crippen LogP contribution in [0.3, 0.4) is 0 Å². The van der Waals surface area contributed by atoms with Crippen LogP contribution in [0.15, 0.2) is 42.1 Å². The predicted octanol–water partition coefficient (Wildman–Crippen LogP) is 3.47. The third-order valence-corrected chi connectivity index (χ3v) is 5.32. The molecule has 0 spiro atoms. The van der Waals surface area contributed by atoms with E-state index in [2.05, 4.69) is 0 Å². The Morgan fingerprint density at radius 3 is 2.29 bits per heavy atom. The Hall–Kier alpha value is -2.63. The molecular formula is C22H23ClN2O3. The first-order chi connectivity index (χ1) is 13.3. The zero-order valence-corrected chi connectivity index (χ0v) is 17.2. The molecule has 2 amide bonds. The summed E-state index contributed by atoms with van der Waals surface area (Å²) in [6, 6.07) is 10.8. The lowest BCUT2D eigenvalue weighted by atomic mass is 9.99. The van der Waals surface area contributed by atoms with Crippen LogP contribution in [0.2, 0.25) is 5.02 Å². The maximum Gasteiger partial charge on any atom is 0.282 e. The molecular weight excluding hydrogens is 376 g/mol. The number of aryl methyl sites for hydroxylation is 3. The van der Waals surface area contributed by atoms with Crippen molar-refractivity contribution >= 4 is 34.7 Å². The Morgan fingerprint density at radius 2 is 1.64 bits per heavy atom. The standard InChI is InChI=1S/C22H23ClN2O3/c1-13-5-7-16(11-15(13)3)19-20(24(4)9-10-26)22(28)25(21(19)27)18-12-17(23)8-6-14(18)2/h5-8,11-12,26H,9-10H2,1-4H3. The Bertz CT molecular complexity index is 997. The highest BCUT2D eigenvalue weighted by atomic mass is 35.5. The van der Waals surface area contributed by atoms with Crippen LogP contribution >= 0.6 is 11.6 Å². The van der Waals surface area contributed by atoms with E-state index < -0.39 is 11.8 Å². The smallest absolute Gasteiger partial charge is 0.282 e. The van der Waals surface area contributed by atoms with Gasteiger partial charge >= 0.3 is 0 Å². The minimum absolute atomic E-state index is 0.127. The number of rotatable bonds is 5. The molecule has 0 unspecified atom stereocenters. The van der Waals surface area contributed by atoms with E-state index >= 15 is 0 Å². The molecule has 0 bridgehead atoms. The number of nitrogens with zero attached hydrogens (tertiary/aromatic N) is 2. The third-order valence-electron chi connectivity index (χ3n) is 5.08. The lowest BCUT2D eigenvalue weighted by Gasteiger charge is -2.21. The summed E-state index contributed by atoms with van der Waals surface area (Å²) < 4.78 is 0. The van der Waals surface area contributed by atoms with E-state index in [0.29, 0.717) is 21.8 Å². The predicted molar refractivity (Wildman–Crippen MR) is 111 cm³/mol. The Balaban J connectivity index is 2.19. The van der Waals surface area contributed by atoms with Crippen LogP contribution in [0, 0.1) is 20.8 Å². The van der Waals surface area contributed by atoms with Gasteiger partial charge in [0, 0.05) is 18.6 Å². The van der Waals surface area contributed by atoms with Crippen molar-refractivity contribution in [3.63, 3.8) is 0 Å². The first-order valence-electron chi connectivity index (χ1n) is 9.05. The molecule has 0 aliphatic carbocycles. The summed E-state index contributed by atoms with van der Waals surface area (Å²) in [4.78, 5) is 29.5. The fourth-order valence-corrected chi connectivity index (χ4v) is 3.50. The summed E-state index contributed by atoms with van der Waals surface area (Å²) >= 11 is 6.12. The number of carbonyl (C=O) groups is 2. The van der Waals surface area contributed by atoms with Crippen molar-refractivity contribution < 1.29 is 14.7 Å². The Labute approximate surface area is 169 Å². The summed E-state index contributed by atoms with van der Waals surface area (Å²) in [6.45, 7) is 5.91. The average molecular weight is 399 g/mol. The number of aliphatic hydroxyl groups is 1. The summed E-state index contributed by atoms with van der Waals surface area (Å²) in [6.07, 6.45) is 0. The number of hydrogen-bond donors (Lipinski definition) is 1. The van der Waals surface area contributed by atoms with E-state index in [4.69, 9.17) is 11.6 Å². The van der Waals surface area contributed by atoms with Crippen LogP contribution in [0.4, 0.5) is 5.69 Å². The van der Waals surface area contributed by atoms with Gasteiger partial charge in [-0.1, -0.05) is 35.9 Å². The van der Waals surface area contributed by atoms with Crippen molar-refractivity contribution in [2.24, 2.45) is 0 Å². The molecule has 5 nitrogen and oxygen atoms in total. The molecule has 0 saturated heterocycles. The maximum absolute atomic E-state index is 13.4. The number of aliphatic hydroxyl groups excluding tert-OH is 1. The average Bonchev–Trinajstić information content (AvgIpc) is 2.90. The monoisotopic (exact) mass is 398 g/mol. The van der Waals surface area contributed by atoms with E-state index in [1.54, 1.807) is 30.1 Å². The lowest BCUT2D eigenvalue weighted by Crippen LogP contribution is -2.35. The molecule has 1 aliphatic heterocycles. The van der Waals surface area contributed by atoms with Crippen LogP contribution in [0.1, 0.15) is 22.3 Å². The summed E-state index contributed by atoms with van der Waals surface area (Å²) in [5, 5.41) is 9.81. The van der Waals surface area contributed by atoms with Gasteiger partial charge in [0.1, 0.15) is 5.70 Å². The van der Waals surface area contributed by atoms with Gasteiger partial charge in [-0.05, 0) is 55.2 Å². The Morgan fingerprint density at radius 1 is 0.964 bits per heavy atom. The second-order valence-electron chi connectivity index (χ2n) is 7.04. The molecule has 6 heteroatoms. The third kappa shape index (κ3) is 3.43. The second kappa shape index (κ2) is 7.78. The number of halogens is 1. The number of hydrogen-bond acceptors (Lipinski definition) is 4. The van der Waals surface area contributed by atoms with Gasteiger partial charge in [-0.25, -0.2) is 4.90 Å². The van der Waals surface area contributed by atoms with Gasteiger partial charge in [-0.3, -0.25) is 9.59 Å². The van der Waals surface area contributed by atoms with E-state index in [1.807, 2.05) is 39.0 Å². The van der Waals surface area contributed by atoms with Crippen LogP contribution in [0.25, 0.3) is 5.57 Å². The van der Waals surface area contributed by atoms with Gasteiger partial charge in [-0.15, -0.1) is 0 Å². The van der Waals surface area contributed by atoms with Crippen molar-refractivity contribution in [1.29, 1.82) is 0 Å². The SMILES string of the molecule is Cc1ccc(C2=C(N(C)CCO)C(=O)N(c3cc(Cl)ccc3C)C2=O)cc1C. The topological polar surface area (TPSA) is 60.9 Å². The molecule has 0 aromatic heterocycles. The molecule has 2 aromatic carbocycles.